The first-order chi connectivity index (χ1) is 12.2. The lowest BCUT2D eigenvalue weighted by atomic mass is 10.3. The number of hydrogen-bond donors (Lipinski definition) is 1. The van der Waals surface area contributed by atoms with E-state index in [-0.39, 0.29) is 10.1 Å². The molecule has 1 N–H and O–H groups in total. The van der Waals surface area contributed by atoms with Crippen LogP contribution in [0.15, 0.2) is 22.1 Å². The molecule has 0 unspecified atom stereocenters. The van der Waals surface area contributed by atoms with Crippen molar-refractivity contribution in [3.05, 3.63) is 22.1 Å². The number of allylic oxidation sites excluding steroid dienone is 2. The third-order valence-electron chi connectivity index (χ3n) is 3.54. The lowest BCUT2D eigenvalue weighted by Gasteiger charge is -2.18. The molecule has 0 aromatic heterocycles. The Balaban J connectivity index is 1.95. The largest absolute Gasteiger partial charge is 0.748 e. The summed E-state index contributed by atoms with van der Waals surface area (Å²) in [7, 11) is -4.18. The molecule has 0 spiro atoms. The normalized spacial score (nSPS) is 21.4. The Morgan fingerprint density at radius 1 is 1.35 bits per heavy atom. The third-order valence-corrected chi connectivity index (χ3v) is 6.80. The summed E-state index contributed by atoms with van der Waals surface area (Å²) >= 11 is 7.72. The number of carbonyl (C=O) groups is 2. The second-order valence-electron chi connectivity index (χ2n) is 5.49. The average Bonchev–Trinajstić information content (AvgIpc) is 3.08. The molecule has 144 valence electrons. The van der Waals surface area contributed by atoms with Gasteiger partial charge < -0.3 is 14.6 Å². The molecule has 0 aromatic carbocycles. The van der Waals surface area contributed by atoms with Crippen molar-refractivity contribution in [2.75, 3.05) is 31.1 Å². The molecule has 2 saturated heterocycles. The second kappa shape index (κ2) is 9.22. The number of thiocarbonyl (C=S) groups is 1. The summed E-state index contributed by atoms with van der Waals surface area (Å²) in [5, 5.41) is 9.77. The maximum absolute atomic E-state index is 12.2. The summed E-state index contributed by atoms with van der Waals surface area (Å²) < 4.78 is 32.1. The molecule has 0 atom stereocenters. The van der Waals surface area contributed by atoms with Crippen LogP contribution in [-0.4, -0.2) is 75.2 Å². The van der Waals surface area contributed by atoms with E-state index in [4.69, 9.17) is 17.3 Å². The lowest BCUT2D eigenvalue weighted by Crippen LogP contribution is -2.33. The van der Waals surface area contributed by atoms with E-state index >= 15 is 0 Å². The number of amides is 1. The summed E-state index contributed by atoms with van der Waals surface area (Å²) in [6.45, 7) is 0.971. The fraction of sp³-hybridized carbons (Fsp3) is 0.500. The Morgan fingerprint density at radius 2 is 2.08 bits per heavy atom. The Kier molecular flexibility index (Phi) is 7.52. The topological polar surface area (TPSA) is 118 Å². The van der Waals surface area contributed by atoms with Crippen LogP contribution < -0.4 is 0 Å². The molecule has 0 radical (unpaired) electrons. The van der Waals surface area contributed by atoms with Gasteiger partial charge in [0.05, 0.1) is 20.1 Å². The average molecular weight is 438 g/mol. The quantitative estimate of drug-likeness (QED) is 0.255. The van der Waals surface area contributed by atoms with Crippen molar-refractivity contribution in [3.63, 3.8) is 0 Å². The van der Waals surface area contributed by atoms with Crippen molar-refractivity contribution in [3.8, 4) is 0 Å². The van der Waals surface area contributed by atoms with E-state index < -0.39 is 28.5 Å². The predicted molar refractivity (Wildman–Crippen MR) is 104 cm³/mol. The maximum atomic E-state index is 12.2. The number of carboxylic acid groups (broad SMARTS) is 1. The van der Waals surface area contributed by atoms with Crippen LogP contribution in [0.1, 0.15) is 12.8 Å². The van der Waals surface area contributed by atoms with E-state index in [0.717, 1.165) is 34.0 Å². The number of hydrogen-bond acceptors (Lipinski definition) is 9. The first-order valence-electron chi connectivity index (χ1n) is 7.66. The van der Waals surface area contributed by atoms with Crippen LogP contribution in [-0.2, 0) is 19.7 Å². The lowest BCUT2D eigenvalue weighted by molar-refractivity contribution is -0.140. The summed E-state index contributed by atoms with van der Waals surface area (Å²) in [5.74, 6) is -1.04. The van der Waals surface area contributed by atoms with E-state index in [1.807, 2.05) is 0 Å². The molecule has 1 amide bonds. The molecule has 2 rings (SSSR count). The van der Waals surface area contributed by atoms with Crippen LogP contribution in [0, 0.1) is 0 Å². The Bertz CT molecular complexity index is 761. The number of rotatable bonds is 8. The highest BCUT2D eigenvalue weighted by Gasteiger charge is 2.33. The van der Waals surface area contributed by atoms with E-state index in [1.165, 1.54) is 0 Å². The second-order valence-corrected chi connectivity index (χ2v) is 9.81. The maximum Gasteiger partial charge on any atom is 0.323 e. The molecule has 12 heteroatoms. The van der Waals surface area contributed by atoms with Gasteiger partial charge in [0.1, 0.15) is 10.9 Å². The molecule has 2 fully saturated rings. The van der Waals surface area contributed by atoms with Crippen LogP contribution >= 0.6 is 35.7 Å². The minimum atomic E-state index is -4.18. The summed E-state index contributed by atoms with van der Waals surface area (Å²) in [6, 6.07) is 0. The standard InChI is InChI=1S/C14H18N2O6S4/c17-12(18)9-16-13(19)10(25-14(16)23)3-4-11-15(6-7-24-11)5-1-2-8-26(20,21)22/h3-4H,1-2,5-9H2,(H,17,18)(H,20,21,22)/p-1/b10-3-,11-4-. The Hall–Kier alpha value is -1.08. The molecule has 2 aliphatic heterocycles. The SMILES string of the molecule is O=C(O)CN1C(=O)/C(=C/C=C2\SCCN2CCCCS(=O)(=O)[O-])SC1=S. The number of unbranched alkanes of at least 4 members (excludes halogenated alkanes) is 1. The van der Waals surface area contributed by atoms with Crippen molar-refractivity contribution in [1.29, 1.82) is 0 Å². The summed E-state index contributed by atoms with van der Waals surface area (Å²) in [6.07, 6.45) is 4.31. The van der Waals surface area contributed by atoms with Gasteiger partial charge in [0, 0.05) is 24.6 Å². The van der Waals surface area contributed by atoms with Crippen molar-refractivity contribution in [2.45, 2.75) is 12.8 Å². The van der Waals surface area contributed by atoms with Gasteiger partial charge in [-0.2, -0.15) is 0 Å². The fourth-order valence-corrected chi connectivity index (χ4v) is 5.16. The summed E-state index contributed by atoms with van der Waals surface area (Å²) in [5.41, 5.74) is 0. The molecule has 0 aromatic rings. The number of carbonyl (C=O) groups excluding carboxylic acids is 1. The van der Waals surface area contributed by atoms with Gasteiger partial charge in [-0.25, -0.2) is 8.42 Å². The zero-order valence-corrected chi connectivity index (χ0v) is 16.9. The van der Waals surface area contributed by atoms with Gasteiger partial charge in [0.2, 0.25) is 0 Å². The number of aliphatic carboxylic acids is 1. The molecule has 0 bridgehead atoms. The number of thioether (sulfide) groups is 2. The zero-order valence-electron chi connectivity index (χ0n) is 13.6. The fourth-order valence-electron chi connectivity index (χ4n) is 2.35. The highest BCUT2D eigenvalue weighted by molar-refractivity contribution is 8.26. The monoisotopic (exact) mass is 437 g/mol. The van der Waals surface area contributed by atoms with Gasteiger partial charge >= 0.3 is 5.97 Å². The molecule has 2 heterocycles. The minimum Gasteiger partial charge on any atom is -0.748 e. The van der Waals surface area contributed by atoms with Gasteiger partial charge in [0.25, 0.3) is 5.91 Å². The minimum absolute atomic E-state index is 0.219. The third kappa shape index (κ3) is 6.27. The van der Waals surface area contributed by atoms with Gasteiger partial charge in [0.15, 0.2) is 0 Å². The molecule has 2 aliphatic rings. The smallest absolute Gasteiger partial charge is 0.323 e. The molecule has 26 heavy (non-hydrogen) atoms. The van der Waals surface area contributed by atoms with E-state index in [2.05, 4.69) is 4.90 Å². The summed E-state index contributed by atoms with van der Waals surface area (Å²) in [4.78, 5) is 26.5. The Morgan fingerprint density at radius 3 is 2.73 bits per heavy atom. The van der Waals surface area contributed by atoms with E-state index in [1.54, 1.807) is 23.9 Å². The van der Waals surface area contributed by atoms with Crippen LogP contribution in [0.25, 0.3) is 0 Å². The van der Waals surface area contributed by atoms with Gasteiger partial charge in [-0.05, 0) is 25.0 Å². The molecule has 8 nitrogen and oxygen atoms in total. The van der Waals surface area contributed by atoms with Crippen molar-refractivity contribution >= 4 is 62.1 Å². The number of carboxylic acids is 1. The van der Waals surface area contributed by atoms with Crippen molar-refractivity contribution in [1.82, 2.24) is 9.80 Å². The first kappa shape index (κ1) is 21.2. The van der Waals surface area contributed by atoms with Gasteiger partial charge in [-0.3, -0.25) is 14.5 Å². The number of nitrogens with zero attached hydrogens (tertiary/aromatic N) is 2. The Labute approximate surface area is 165 Å². The first-order valence-corrected chi connectivity index (χ1v) is 11.4. The van der Waals surface area contributed by atoms with Crippen LogP contribution in [0.4, 0.5) is 0 Å². The van der Waals surface area contributed by atoms with E-state index in [0.29, 0.717) is 24.3 Å². The van der Waals surface area contributed by atoms with E-state index in [9.17, 15) is 22.6 Å². The van der Waals surface area contributed by atoms with Gasteiger partial charge in [-0.1, -0.05) is 24.0 Å². The van der Waals surface area contributed by atoms with Crippen molar-refractivity contribution in [2.24, 2.45) is 0 Å². The van der Waals surface area contributed by atoms with Crippen LogP contribution in [0.2, 0.25) is 0 Å². The highest BCUT2D eigenvalue weighted by atomic mass is 32.2. The molecular weight excluding hydrogens is 420 g/mol. The molecule has 0 saturated carbocycles. The molecular formula is C14H17N2O6S4-. The zero-order chi connectivity index (χ0) is 19.3. The van der Waals surface area contributed by atoms with Crippen LogP contribution in [0.5, 0.6) is 0 Å². The van der Waals surface area contributed by atoms with Crippen molar-refractivity contribution < 1.29 is 27.7 Å². The van der Waals surface area contributed by atoms with Gasteiger partial charge in [-0.15, -0.1) is 11.8 Å². The highest BCUT2D eigenvalue weighted by Crippen LogP contribution is 2.33. The molecule has 0 aliphatic carbocycles. The van der Waals surface area contributed by atoms with Crippen LogP contribution in [0.3, 0.4) is 0 Å². The predicted octanol–water partition coefficient (Wildman–Crippen LogP) is 1.03.